The Labute approximate surface area is 191 Å². The first-order valence-electron chi connectivity index (χ1n) is 10.6. The number of H-pyrrole nitrogens is 1. The number of aromatic amines is 1. The van der Waals surface area contributed by atoms with E-state index in [0.717, 1.165) is 33.3 Å². The van der Waals surface area contributed by atoms with E-state index < -0.39 is 12.1 Å². The summed E-state index contributed by atoms with van der Waals surface area (Å²) in [6.45, 7) is 4.19. The average Bonchev–Trinajstić information content (AvgIpc) is 3.24. The van der Waals surface area contributed by atoms with E-state index >= 15 is 0 Å². The van der Waals surface area contributed by atoms with Crippen molar-refractivity contribution in [2.75, 3.05) is 11.9 Å². The van der Waals surface area contributed by atoms with Crippen molar-refractivity contribution in [3.63, 3.8) is 0 Å². The van der Waals surface area contributed by atoms with Crippen LogP contribution in [0.2, 0.25) is 5.02 Å². The van der Waals surface area contributed by atoms with E-state index in [-0.39, 0.29) is 31.2 Å². The highest BCUT2D eigenvalue weighted by Crippen LogP contribution is 2.23. The Kier molecular flexibility index (Phi) is 6.19. The normalized spacial score (nSPS) is 16.0. The highest BCUT2D eigenvalue weighted by atomic mass is 35.5. The molecule has 3 aromatic rings. The maximum absolute atomic E-state index is 12.7. The largest absolute Gasteiger partial charge is 0.361 e. The molecule has 0 saturated carbocycles. The van der Waals surface area contributed by atoms with E-state index in [1.165, 1.54) is 4.90 Å². The van der Waals surface area contributed by atoms with Gasteiger partial charge in [0.05, 0.1) is 0 Å². The summed E-state index contributed by atoms with van der Waals surface area (Å²) in [5.41, 5.74) is 4.79. The van der Waals surface area contributed by atoms with E-state index in [4.69, 9.17) is 11.6 Å². The number of nitrogens with one attached hydrogen (secondary N) is 3. The number of carbonyl (C=O) groups is 3. The van der Waals surface area contributed by atoms with Crippen molar-refractivity contribution in [3.8, 4) is 0 Å². The Balaban J connectivity index is 1.32. The zero-order valence-electron chi connectivity index (χ0n) is 18.0. The van der Waals surface area contributed by atoms with Gasteiger partial charge in [0.1, 0.15) is 6.04 Å². The smallest absolute Gasteiger partial charge is 0.324 e. The monoisotopic (exact) mass is 452 g/mol. The number of rotatable bonds is 7. The molecule has 1 aliphatic rings. The Hall–Kier alpha value is -3.32. The number of benzene rings is 2. The lowest BCUT2D eigenvalue weighted by Gasteiger charge is -2.13. The van der Waals surface area contributed by atoms with Gasteiger partial charge in [-0.1, -0.05) is 17.7 Å². The lowest BCUT2D eigenvalue weighted by Crippen LogP contribution is -2.33. The molecule has 1 atom stereocenters. The predicted octanol–water partition coefficient (Wildman–Crippen LogP) is 4.32. The van der Waals surface area contributed by atoms with Crippen LogP contribution in [0.4, 0.5) is 10.5 Å². The van der Waals surface area contributed by atoms with Gasteiger partial charge in [0.2, 0.25) is 5.91 Å². The first kappa shape index (κ1) is 21.9. The quantitative estimate of drug-likeness (QED) is 0.466. The number of urea groups is 1. The first-order valence-corrected chi connectivity index (χ1v) is 10.9. The number of carbonyl (C=O) groups excluding carboxylic acids is 3. The second kappa shape index (κ2) is 9.04. The van der Waals surface area contributed by atoms with Crippen LogP contribution in [0.3, 0.4) is 0 Å². The zero-order chi connectivity index (χ0) is 22.8. The van der Waals surface area contributed by atoms with Crippen molar-refractivity contribution in [3.05, 3.63) is 64.3 Å². The van der Waals surface area contributed by atoms with E-state index in [2.05, 4.69) is 15.6 Å². The van der Waals surface area contributed by atoms with Gasteiger partial charge in [0, 0.05) is 40.8 Å². The highest BCUT2D eigenvalue weighted by molar-refractivity contribution is 6.31. The van der Waals surface area contributed by atoms with Crippen LogP contribution in [-0.4, -0.2) is 40.3 Å². The number of nitrogens with zero attached hydrogens (tertiary/aromatic N) is 1. The second-order valence-electron chi connectivity index (χ2n) is 8.21. The van der Waals surface area contributed by atoms with Crippen LogP contribution in [-0.2, 0) is 16.0 Å². The molecule has 2 heterocycles. The number of anilines is 1. The summed E-state index contributed by atoms with van der Waals surface area (Å²) in [5, 5.41) is 7.16. The predicted molar refractivity (Wildman–Crippen MR) is 125 cm³/mol. The van der Waals surface area contributed by atoms with Crippen molar-refractivity contribution >= 4 is 46.0 Å². The molecule has 2 aromatic carbocycles. The van der Waals surface area contributed by atoms with Gasteiger partial charge in [-0.25, -0.2) is 4.79 Å². The van der Waals surface area contributed by atoms with Crippen LogP contribution in [0.5, 0.6) is 0 Å². The number of imide groups is 1. The molecule has 8 heteroatoms. The van der Waals surface area contributed by atoms with Crippen LogP contribution >= 0.6 is 11.6 Å². The summed E-state index contributed by atoms with van der Waals surface area (Å²) >= 11 is 6.09. The zero-order valence-corrected chi connectivity index (χ0v) is 18.8. The number of aryl methyl sites for hydroxylation is 2. The van der Waals surface area contributed by atoms with Gasteiger partial charge in [-0.15, -0.1) is 0 Å². The third-order valence-electron chi connectivity index (χ3n) is 5.61. The molecular weight excluding hydrogens is 428 g/mol. The van der Waals surface area contributed by atoms with Crippen molar-refractivity contribution in [1.82, 2.24) is 15.2 Å². The number of fused-ring (bicyclic) bond motifs is 1. The molecule has 4 rings (SSSR count). The van der Waals surface area contributed by atoms with Gasteiger partial charge in [-0.2, -0.15) is 0 Å². The maximum Gasteiger partial charge on any atom is 0.324 e. The van der Waals surface area contributed by atoms with Gasteiger partial charge >= 0.3 is 6.03 Å². The Bertz CT molecular complexity index is 1180. The highest BCUT2D eigenvalue weighted by Gasteiger charge is 2.37. The molecule has 1 fully saturated rings. The molecular formula is C24H25ClN4O3. The van der Waals surface area contributed by atoms with Crippen LogP contribution in [0.25, 0.3) is 10.9 Å². The molecule has 4 amide bonds. The van der Waals surface area contributed by atoms with Gasteiger partial charge < -0.3 is 15.6 Å². The number of halogens is 1. The Morgan fingerprint density at radius 3 is 2.62 bits per heavy atom. The number of hydrogen-bond acceptors (Lipinski definition) is 3. The topological polar surface area (TPSA) is 94.3 Å². The Morgan fingerprint density at radius 1 is 1.12 bits per heavy atom. The standard InChI is InChI=1S/C24H25ClN4O3/c1-14-9-15(2)11-18(10-14)27-22(30)6-5-21-23(31)29(24(32)28-21)8-7-16-13-26-20-4-3-17(25)12-19(16)20/h3-4,9-13,21,26H,5-8H2,1-2H3,(H,27,30)(H,28,32). The summed E-state index contributed by atoms with van der Waals surface area (Å²) in [6.07, 6.45) is 2.77. The van der Waals surface area contributed by atoms with Crippen molar-refractivity contribution in [2.24, 2.45) is 0 Å². The van der Waals surface area contributed by atoms with Crippen LogP contribution < -0.4 is 10.6 Å². The SMILES string of the molecule is Cc1cc(C)cc(NC(=O)CCC2NC(=O)N(CCc3c[nH]c4ccc(Cl)cc34)C2=O)c1. The minimum atomic E-state index is -0.690. The van der Waals surface area contributed by atoms with Gasteiger partial charge in [0.15, 0.2) is 0 Å². The first-order chi connectivity index (χ1) is 15.3. The maximum atomic E-state index is 12.7. The van der Waals surface area contributed by atoms with E-state index in [0.29, 0.717) is 11.4 Å². The van der Waals surface area contributed by atoms with E-state index in [9.17, 15) is 14.4 Å². The molecule has 0 spiro atoms. The number of aromatic nitrogens is 1. The fraction of sp³-hybridized carbons (Fsp3) is 0.292. The molecule has 166 valence electrons. The molecule has 0 radical (unpaired) electrons. The summed E-state index contributed by atoms with van der Waals surface area (Å²) in [6, 6.07) is 10.3. The third kappa shape index (κ3) is 4.78. The second-order valence-corrected chi connectivity index (χ2v) is 8.65. The molecule has 32 heavy (non-hydrogen) atoms. The third-order valence-corrected chi connectivity index (χ3v) is 5.84. The molecule has 0 aliphatic carbocycles. The lowest BCUT2D eigenvalue weighted by molar-refractivity contribution is -0.127. The number of hydrogen-bond donors (Lipinski definition) is 3. The summed E-state index contributed by atoms with van der Waals surface area (Å²) in [5.74, 6) is -0.488. The molecule has 1 aliphatic heterocycles. The van der Waals surface area contributed by atoms with Crippen LogP contribution in [0, 0.1) is 13.8 Å². The summed E-state index contributed by atoms with van der Waals surface area (Å²) in [4.78, 5) is 41.8. The molecule has 0 bridgehead atoms. The average molecular weight is 453 g/mol. The van der Waals surface area contributed by atoms with Gasteiger partial charge in [-0.3, -0.25) is 14.5 Å². The molecule has 1 unspecified atom stereocenters. The lowest BCUT2D eigenvalue weighted by atomic mass is 10.1. The number of amides is 4. The fourth-order valence-corrected chi connectivity index (χ4v) is 4.29. The molecule has 7 nitrogen and oxygen atoms in total. The van der Waals surface area contributed by atoms with Crippen molar-refractivity contribution in [1.29, 1.82) is 0 Å². The molecule has 1 aromatic heterocycles. The minimum absolute atomic E-state index is 0.137. The Morgan fingerprint density at radius 2 is 1.88 bits per heavy atom. The van der Waals surface area contributed by atoms with Crippen LogP contribution in [0.15, 0.2) is 42.6 Å². The van der Waals surface area contributed by atoms with E-state index in [1.54, 1.807) is 0 Å². The van der Waals surface area contributed by atoms with E-state index in [1.807, 2.05) is 56.4 Å². The summed E-state index contributed by atoms with van der Waals surface area (Å²) in [7, 11) is 0. The summed E-state index contributed by atoms with van der Waals surface area (Å²) < 4.78 is 0. The van der Waals surface area contributed by atoms with Crippen LogP contribution in [0.1, 0.15) is 29.5 Å². The fourth-order valence-electron chi connectivity index (χ4n) is 4.12. The van der Waals surface area contributed by atoms with Crippen molar-refractivity contribution in [2.45, 2.75) is 39.2 Å². The van der Waals surface area contributed by atoms with Crippen molar-refractivity contribution < 1.29 is 14.4 Å². The molecule has 1 saturated heterocycles. The van der Waals surface area contributed by atoms with Gasteiger partial charge in [0.25, 0.3) is 5.91 Å². The van der Waals surface area contributed by atoms with Gasteiger partial charge in [-0.05, 0) is 73.7 Å². The minimum Gasteiger partial charge on any atom is -0.361 e. The molecule has 3 N–H and O–H groups in total.